The Bertz CT molecular complexity index is 211. The number of hydrogen-bond donors (Lipinski definition) is 1. The Kier molecular flexibility index (Phi) is 2.85. The van der Waals surface area contributed by atoms with Gasteiger partial charge in [0, 0.05) is 13.0 Å². The highest BCUT2D eigenvalue weighted by Gasteiger charge is 2.32. The largest absolute Gasteiger partial charge is 0.377 e. The van der Waals surface area contributed by atoms with Gasteiger partial charge in [-0.05, 0) is 6.92 Å². The lowest BCUT2D eigenvalue weighted by atomic mass is 9.93. The van der Waals surface area contributed by atoms with Gasteiger partial charge in [-0.3, -0.25) is 5.32 Å². The van der Waals surface area contributed by atoms with E-state index in [4.69, 9.17) is 10.00 Å². The summed E-state index contributed by atoms with van der Waals surface area (Å²) in [5, 5.41) is 12.1. The number of morpholine rings is 1. The zero-order valence-corrected chi connectivity index (χ0v) is 7.39. The summed E-state index contributed by atoms with van der Waals surface area (Å²) in [5.74, 6) is 0. The quantitative estimate of drug-likeness (QED) is 0.618. The predicted molar refractivity (Wildman–Crippen MR) is 46.6 cm³/mol. The standard InChI is InChI=1S/C9H14N2O/c1-8(2)5-9(6-10)7-12-4-3-11-9/h11H,1,3-5,7H2,2H3. The monoisotopic (exact) mass is 166 g/mol. The van der Waals surface area contributed by atoms with Crippen molar-refractivity contribution >= 4 is 0 Å². The minimum Gasteiger partial charge on any atom is -0.377 e. The van der Waals surface area contributed by atoms with Crippen molar-refractivity contribution < 1.29 is 4.74 Å². The van der Waals surface area contributed by atoms with Crippen LogP contribution in [0.25, 0.3) is 0 Å². The molecule has 0 radical (unpaired) electrons. The lowest BCUT2D eigenvalue weighted by Crippen LogP contribution is -2.53. The van der Waals surface area contributed by atoms with Crippen LogP contribution >= 0.6 is 0 Å². The number of hydrogen-bond acceptors (Lipinski definition) is 3. The molecule has 1 fully saturated rings. The molecule has 1 aliphatic heterocycles. The zero-order chi connectivity index (χ0) is 9.03. The van der Waals surface area contributed by atoms with Crippen molar-refractivity contribution in [2.75, 3.05) is 19.8 Å². The van der Waals surface area contributed by atoms with Crippen LogP contribution in [0.4, 0.5) is 0 Å². The normalized spacial score (nSPS) is 29.3. The second kappa shape index (κ2) is 3.70. The molecule has 1 unspecified atom stereocenters. The van der Waals surface area contributed by atoms with Crippen LogP contribution in [0.15, 0.2) is 12.2 Å². The third-order valence-electron chi connectivity index (χ3n) is 1.88. The maximum Gasteiger partial charge on any atom is 0.134 e. The van der Waals surface area contributed by atoms with Gasteiger partial charge in [0.1, 0.15) is 5.54 Å². The smallest absolute Gasteiger partial charge is 0.134 e. The SMILES string of the molecule is C=C(C)CC1(C#N)COCCN1. The molecule has 0 aromatic carbocycles. The molecule has 0 aromatic heterocycles. The lowest BCUT2D eigenvalue weighted by molar-refractivity contribution is 0.0511. The fourth-order valence-electron chi connectivity index (χ4n) is 1.40. The second-order valence-electron chi connectivity index (χ2n) is 3.31. The van der Waals surface area contributed by atoms with Crippen molar-refractivity contribution in [3.63, 3.8) is 0 Å². The number of ether oxygens (including phenoxy) is 1. The molecule has 1 N–H and O–H groups in total. The highest BCUT2D eigenvalue weighted by molar-refractivity contribution is 5.15. The van der Waals surface area contributed by atoms with Crippen LogP contribution in [0.2, 0.25) is 0 Å². The predicted octanol–water partition coefficient (Wildman–Crippen LogP) is 0.835. The molecule has 12 heavy (non-hydrogen) atoms. The molecule has 3 nitrogen and oxygen atoms in total. The van der Waals surface area contributed by atoms with Crippen molar-refractivity contribution in [1.29, 1.82) is 5.26 Å². The van der Waals surface area contributed by atoms with E-state index in [1.165, 1.54) is 0 Å². The van der Waals surface area contributed by atoms with Gasteiger partial charge in [-0.2, -0.15) is 5.26 Å². The van der Waals surface area contributed by atoms with E-state index in [1.807, 2.05) is 6.92 Å². The van der Waals surface area contributed by atoms with E-state index in [2.05, 4.69) is 18.0 Å². The first-order valence-electron chi connectivity index (χ1n) is 4.07. The number of rotatable bonds is 2. The number of nitrogens with one attached hydrogen (secondary N) is 1. The van der Waals surface area contributed by atoms with Crippen molar-refractivity contribution in [3.05, 3.63) is 12.2 Å². The molecule has 0 saturated carbocycles. The summed E-state index contributed by atoms with van der Waals surface area (Å²) in [6.07, 6.45) is 0.670. The summed E-state index contributed by atoms with van der Waals surface area (Å²) in [5.41, 5.74) is 0.485. The fraction of sp³-hybridized carbons (Fsp3) is 0.667. The van der Waals surface area contributed by atoms with Gasteiger partial charge in [0.15, 0.2) is 0 Å². The topological polar surface area (TPSA) is 45.0 Å². The Hall–Kier alpha value is -0.850. The van der Waals surface area contributed by atoms with Gasteiger partial charge in [-0.1, -0.05) is 5.57 Å². The molecular weight excluding hydrogens is 152 g/mol. The van der Waals surface area contributed by atoms with Crippen LogP contribution < -0.4 is 5.32 Å². The van der Waals surface area contributed by atoms with Crippen LogP contribution in [0, 0.1) is 11.3 Å². The van der Waals surface area contributed by atoms with E-state index >= 15 is 0 Å². The first kappa shape index (κ1) is 9.24. The van der Waals surface area contributed by atoms with E-state index in [0.29, 0.717) is 19.6 Å². The Balaban J connectivity index is 2.61. The second-order valence-corrected chi connectivity index (χ2v) is 3.31. The summed E-state index contributed by atoms with van der Waals surface area (Å²) in [6, 6.07) is 2.25. The van der Waals surface area contributed by atoms with E-state index in [9.17, 15) is 0 Å². The van der Waals surface area contributed by atoms with Crippen LogP contribution in [0.5, 0.6) is 0 Å². The summed E-state index contributed by atoms with van der Waals surface area (Å²) < 4.78 is 5.25. The number of nitriles is 1. The molecule has 3 heteroatoms. The highest BCUT2D eigenvalue weighted by Crippen LogP contribution is 2.17. The Labute approximate surface area is 73.0 Å². The molecule has 0 amide bonds. The molecule has 0 bridgehead atoms. The van der Waals surface area contributed by atoms with Crippen molar-refractivity contribution in [1.82, 2.24) is 5.32 Å². The molecule has 1 atom stereocenters. The first-order valence-corrected chi connectivity index (χ1v) is 4.07. The van der Waals surface area contributed by atoms with Gasteiger partial charge in [-0.25, -0.2) is 0 Å². The van der Waals surface area contributed by atoms with Crippen molar-refractivity contribution in [2.24, 2.45) is 0 Å². The number of nitrogens with zero attached hydrogens (tertiary/aromatic N) is 1. The Morgan fingerprint density at radius 3 is 3.00 bits per heavy atom. The van der Waals surface area contributed by atoms with Gasteiger partial charge in [0.2, 0.25) is 0 Å². The third-order valence-corrected chi connectivity index (χ3v) is 1.88. The fourth-order valence-corrected chi connectivity index (χ4v) is 1.40. The average molecular weight is 166 g/mol. The minimum absolute atomic E-state index is 0.469. The van der Waals surface area contributed by atoms with Crippen molar-refractivity contribution in [3.8, 4) is 6.07 Å². The summed E-state index contributed by atoms with van der Waals surface area (Å²) in [6.45, 7) is 7.64. The van der Waals surface area contributed by atoms with Crippen LogP contribution in [-0.2, 0) is 4.74 Å². The molecule has 0 aliphatic carbocycles. The van der Waals surface area contributed by atoms with E-state index < -0.39 is 5.54 Å². The van der Waals surface area contributed by atoms with Gasteiger partial charge in [0.25, 0.3) is 0 Å². The van der Waals surface area contributed by atoms with Crippen LogP contribution in [-0.4, -0.2) is 25.3 Å². The summed E-state index contributed by atoms with van der Waals surface area (Å²) in [7, 11) is 0. The maximum absolute atomic E-state index is 8.96. The maximum atomic E-state index is 8.96. The van der Waals surface area contributed by atoms with Crippen LogP contribution in [0.3, 0.4) is 0 Å². The van der Waals surface area contributed by atoms with Gasteiger partial charge < -0.3 is 4.74 Å². The van der Waals surface area contributed by atoms with E-state index in [-0.39, 0.29) is 0 Å². The molecule has 1 rings (SSSR count). The van der Waals surface area contributed by atoms with Gasteiger partial charge in [-0.15, -0.1) is 6.58 Å². The van der Waals surface area contributed by atoms with E-state index in [1.54, 1.807) is 0 Å². The molecule has 66 valence electrons. The third kappa shape index (κ3) is 2.07. The molecule has 1 aliphatic rings. The summed E-state index contributed by atoms with van der Waals surface area (Å²) >= 11 is 0. The average Bonchev–Trinajstić information content (AvgIpc) is 2.05. The minimum atomic E-state index is -0.524. The lowest BCUT2D eigenvalue weighted by Gasteiger charge is -2.31. The molecule has 0 aromatic rings. The molecule has 1 heterocycles. The molecular formula is C9H14N2O. The highest BCUT2D eigenvalue weighted by atomic mass is 16.5. The Morgan fingerprint density at radius 1 is 1.83 bits per heavy atom. The molecule has 0 spiro atoms. The Morgan fingerprint density at radius 2 is 2.58 bits per heavy atom. The van der Waals surface area contributed by atoms with Crippen LogP contribution in [0.1, 0.15) is 13.3 Å². The van der Waals surface area contributed by atoms with Gasteiger partial charge >= 0.3 is 0 Å². The van der Waals surface area contributed by atoms with Gasteiger partial charge in [0.05, 0.1) is 19.3 Å². The first-order chi connectivity index (χ1) is 5.68. The van der Waals surface area contributed by atoms with Crippen molar-refractivity contribution in [2.45, 2.75) is 18.9 Å². The zero-order valence-electron chi connectivity index (χ0n) is 7.39. The summed E-state index contributed by atoms with van der Waals surface area (Å²) in [4.78, 5) is 0. The molecule has 1 saturated heterocycles. The van der Waals surface area contributed by atoms with E-state index in [0.717, 1.165) is 12.1 Å².